The molecular formula is C78H44S8. The zero-order chi connectivity index (χ0) is 56.5. The van der Waals surface area contributed by atoms with Crippen LogP contribution in [0.5, 0.6) is 0 Å². The van der Waals surface area contributed by atoms with E-state index in [1.165, 1.54) is 195 Å². The number of thiophene rings is 8. The Labute approximate surface area is 525 Å². The lowest BCUT2D eigenvalue weighted by Gasteiger charge is -2.11. The fourth-order valence-electron chi connectivity index (χ4n) is 13.4. The molecule has 0 saturated heterocycles. The van der Waals surface area contributed by atoms with Gasteiger partial charge in [-0.2, -0.15) is 0 Å². The van der Waals surface area contributed by atoms with Gasteiger partial charge >= 0.3 is 0 Å². The molecule has 0 nitrogen and oxygen atoms in total. The lowest BCUT2D eigenvalue weighted by atomic mass is 9.93. The molecule has 0 N–H and O–H groups in total. The summed E-state index contributed by atoms with van der Waals surface area (Å²) in [6.45, 7) is 4.48. The molecule has 20 rings (SSSR count). The Kier molecular flexibility index (Phi) is 11.2. The van der Waals surface area contributed by atoms with Gasteiger partial charge in [0, 0.05) is 80.7 Å². The largest absolute Gasteiger partial charge is 0.134 e. The predicted octanol–water partition coefficient (Wildman–Crippen LogP) is 27.3. The minimum absolute atomic E-state index is 1.26. The summed E-state index contributed by atoms with van der Waals surface area (Å²) < 4.78 is 22.4. The Hall–Kier alpha value is -8.12. The monoisotopic (exact) mass is 1240 g/mol. The van der Waals surface area contributed by atoms with E-state index in [-0.39, 0.29) is 0 Å². The van der Waals surface area contributed by atoms with Gasteiger partial charge in [-0.1, -0.05) is 140 Å². The van der Waals surface area contributed by atoms with Crippen molar-refractivity contribution in [1.82, 2.24) is 0 Å². The van der Waals surface area contributed by atoms with Crippen LogP contribution in [0.4, 0.5) is 0 Å². The SMILES string of the molecule is Cc1cc2sc3c4cc5cc6sc7c8cc(-c9ccccc9)c(C)cc8sc7c6cc5cc4sc3c2cc1-c1ccccc1.c1ccc(-c2cc3sc4c5cc6cc7sc8c9ccccc9sc8c7cc6cc5sc4c3cc2-c2ccccc2)cc1. The molecule has 8 heteroatoms. The third kappa shape index (κ3) is 7.71. The maximum atomic E-state index is 2.45. The van der Waals surface area contributed by atoms with Gasteiger partial charge in [-0.05, 0) is 182 Å². The summed E-state index contributed by atoms with van der Waals surface area (Å²) in [5.41, 5.74) is 13.0. The summed E-state index contributed by atoms with van der Waals surface area (Å²) >= 11 is 15.6. The van der Waals surface area contributed by atoms with E-state index in [4.69, 9.17) is 0 Å². The fourth-order valence-corrected chi connectivity index (χ4v) is 24.2. The molecule has 0 radical (unpaired) electrons. The Bertz CT molecular complexity index is 6000. The molecule has 0 atom stereocenters. The maximum Gasteiger partial charge on any atom is 0.0542 e. The number of rotatable bonds is 4. The molecular weight excluding hydrogens is 1190 g/mol. The van der Waals surface area contributed by atoms with Crippen molar-refractivity contribution < 1.29 is 0 Å². The molecule has 8 heterocycles. The third-order valence-electron chi connectivity index (χ3n) is 17.6. The third-order valence-corrected chi connectivity index (χ3v) is 27.6. The molecule has 0 fully saturated rings. The van der Waals surface area contributed by atoms with Gasteiger partial charge < -0.3 is 0 Å². The van der Waals surface area contributed by atoms with Crippen LogP contribution < -0.4 is 0 Å². The van der Waals surface area contributed by atoms with Crippen molar-refractivity contribution in [3.8, 4) is 44.5 Å². The van der Waals surface area contributed by atoms with Crippen molar-refractivity contribution in [2.24, 2.45) is 0 Å². The number of aryl methyl sites for hydroxylation is 2. The molecule has 0 amide bonds. The van der Waals surface area contributed by atoms with Gasteiger partial charge in [-0.25, -0.2) is 0 Å². The zero-order valence-corrected chi connectivity index (χ0v) is 52.7. The molecule has 86 heavy (non-hydrogen) atoms. The molecule has 8 aromatic heterocycles. The Morgan fingerprint density at radius 1 is 0.186 bits per heavy atom. The van der Waals surface area contributed by atoms with Gasteiger partial charge in [0.05, 0.1) is 37.6 Å². The van der Waals surface area contributed by atoms with Crippen molar-refractivity contribution in [2.75, 3.05) is 0 Å². The van der Waals surface area contributed by atoms with Crippen LogP contribution in [0.3, 0.4) is 0 Å². The van der Waals surface area contributed by atoms with E-state index in [1.807, 2.05) is 90.7 Å². The summed E-state index contributed by atoms with van der Waals surface area (Å²) in [7, 11) is 0. The van der Waals surface area contributed by atoms with Crippen molar-refractivity contribution in [1.29, 1.82) is 0 Å². The lowest BCUT2D eigenvalue weighted by Crippen LogP contribution is -1.85. The van der Waals surface area contributed by atoms with Crippen molar-refractivity contribution in [2.45, 2.75) is 13.8 Å². The van der Waals surface area contributed by atoms with E-state index in [9.17, 15) is 0 Å². The molecule has 0 aliphatic rings. The van der Waals surface area contributed by atoms with E-state index in [1.54, 1.807) is 0 Å². The molecule has 0 aliphatic heterocycles. The molecule has 0 bridgehead atoms. The summed E-state index contributed by atoms with van der Waals surface area (Å²) in [4.78, 5) is 0. The summed E-state index contributed by atoms with van der Waals surface area (Å²) in [5, 5.41) is 16.4. The quantitative estimate of drug-likeness (QED) is 0.165. The highest BCUT2D eigenvalue weighted by molar-refractivity contribution is 7.38. The molecule has 0 saturated carbocycles. The molecule has 0 unspecified atom stereocenters. The van der Waals surface area contributed by atoms with Crippen LogP contribution in [-0.4, -0.2) is 0 Å². The van der Waals surface area contributed by atoms with E-state index >= 15 is 0 Å². The lowest BCUT2D eigenvalue weighted by molar-refractivity contribution is 1.49. The summed E-state index contributed by atoms with van der Waals surface area (Å²) in [6.07, 6.45) is 0. The number of benzene rings is 12. The highest BCUT2D eigenvalue weighted by atomic mass is 32.1. The van der Waals surface area contributed by atoms with Gasteiger partial charge in [-0.15, -0.1) is 90.7 Å². The van der Waals surface area contributed by atoms with E-state index in [0.717, 1.165) is 0 Å². The highest BCUT2D eigenvalue weighted by Gasteiger charge is 2.22. The number of hydrogen-bond acceptors (Lipinski definition) is 8. The van der Waals surface area contributed by atoms with Crippen LogP contribution in [-0.2, 0) is 0 Å². The Morgan fingerprint density at radius 3 is 0.791 bits per heavy atom. The van der Waals surface area contributed by atoms with Crippen LogP contribution in [0, 0.1) is 13.8 Å². The first kappa shape index (κ1) is 50.1. The first-order valence-corrected chi connectivity index (χ1v) is 35.4. The molecule has 0 spiro atoms. The van der Waals surface area contributed by atoms with Crippen molar-refractivity contribution >= 4 is 231 Å². The maximum absolute atomic E-state index is 2.45. The number of fused-ring (bicyclic) bond motifs is 22. The van der Waals surface area contributed by atoms with E-state index in [2.05, 4.69) is 244 Å². The fraction of sp³-hybridized carbons (Fsp3) is 0.0256. The highest BCUT2D eigenvalue weighted by Crippen LogP contribution is 2.53. The smallest absolute Gasteiger partial charge is 0.0542 e. The number of hydrogen-bond donors (Lipinski definition) is 0. The second kappa shape index (κ2) is 19.2. The molecule has 0 aliphatic carbocycles. The van der Waals surface area contributed by atoms with Crippen LogP contribution in [0.25, 0.3) is 184 Å². The van der Waals surface area contributed by atoms with Crippen LogP contribution in [0.2, 0.25) is 0 Å². The first-order valence-electron chi connectivity index (χ1n) is 28.8. The van der Waals surface area contributed by atoms with Gasteiger partial charge in [-0.3, -0.25) is 0 Å². The van der Waals surface area contributed by atoms with Crippen LogP contribution in [0.1, 0.15) is 11.1 Å². The summed E-state index contributed by atoms with van der Waals surface area (Å²) in [5.74, 6) is 0. The second-order valence-corrected chi connectivity index (χ2v) is 31.1. The molecule has 20 aromatic rings. The Morgan fingerprint density at radius 2 is 0.430 bits per heavy atom. The second-order valence-electron chi connectivity index (χ2n) is 22.7. The minimum Gasteiger partial charge on any atom is -0.134 e. The van der Waals surface area contributed by atoms with Crippen LogP contribution in [0.15, 0.2) is 231 Å². The van der Waals surface area contributed by atoms with Crippen LogP contribution >= 0.6 is 90.7 Å². The summed E-state index contributed by atoms with van der Waals surface area (Å²) in [6, 6.07) is 86.1. The van der Waals surface area contributed by atoms with Gasteiger partial charge in [0.1, 0.15) is 0 Å². The average molecular weight is 1240 g/mol. The van der Waals surface area contributed by atoms with Crippen molar-refractivity contribution in [3.05, 3.63) is 242 Å². The van der Waals surface area contributed by atoms with Gasteiger partial charge in [0.25, 0.3) is 0 Å². The molecule has 12 aromatic carbocycles. The zero-order valence-electron chi connectivity index (χ0n) is 46.2. The first-order chi connectivity index (χ1) is 42.4. The minimum atomic E-state index is 1.26. The topological polar surface area (TPSA) is 0 Å². The standard InChI is InChI=1S/C40H24S4.C38H20S4/c1-21-13-33-31(19-27(21)23-9-5-3-6-10-23)39-37(41-33)29-15-25-18-36-30(16-26(25)17-35(29)43-39)38-40(44-36)32-20-28(22(2)14-34(32)42-38)24-11-7-4-8-12-24;1-3-9-21(10-4-1)26-19-30-34(20-27(26)22-11-5-2-6-12-22)42-37-29-16-24-17-32-28(15-23(24)18-33(29)41-38(30)37)36-35(40-32)25-13-7-8-14-31(25)39-36/h3-20H,1-2H3;1-20H. The van der Waals surface area contributed by atoms with Gasteiger partial charge in [0.15, 0.2) is 0 Å². The molecule has 404 valence electrons. The van der Waals surface area contributed by atoms with E-state index < -0.39 is 0 Å². The van der Waals surface area contributed by atoms with E-state index in [0.29, 0.717) is 0 Å². The van der Waals surface area contributed by atoms with Crippen molar-refractivity contribution in [3.63, 3.8) is 0 Å². The normalized spacial score (nSPS) is 12.3. The predicted molar refractivity (Wildman–Crippen MR) is 392 cm³/mol. The Balaban J connectivity index is 0.000000126. The average Bonchev–Trinajstić information content (AvgIpc) is 1.89. The van der Waals surface area contributed by atoms with Gasteiger partial charge in [0.2, 0.25) is 0 Å².